The monoisotopic (exact) mass is 333 g/mol. The molecule has 4 rings (SSSR count). The van der Waals surface area contributed by atoms with Gasteiger partial charge < -0.3 is 19.8 Å². The lowest BCUT2D eigenvalue weighted by Crippen LogP contribution is -2.38. The summed E-state index contributed by atoms with van der Waals surface area (Å²) in [6.45, 7) is 11.1. The molecule has 2 N–H and O–H groups in total. The first kappa shape index (κ1) is 15.3. The zero-order chi connectivity index (χ0) is 17.6. The van der Waals surface area contributed by atoms with Crippen LogP contribution in [-0.2, 0) is 4.74 Å². The molecule has 0 unspecified atom stereocenters. The van der Waals surface area contributed by atoms with Gasteiger partial charge in [-0.25, -0.2) is 9.83 Å². The molecule has 4 heterocycles. The van der Waals surface area contributed by atoms with E-state index in [1.54, 1.807) is 18.3 Å². The van der Waals surface area contributed by atoms with Crippen LogP contribution in [0.5, 0.6) is 0 Å². The Bertz CT molecular complexity index is 1020. The number of nitrogens with zero attached hydrogens (tertiary/aromatic N) is 4. The zero-order valence-electron chi connectivity index (χ0n) is 13.6. The van der Waals surface area contributed by atoms with E-state index >= 15 is 0 Å². The topological polar surface area (TPSA) is 92.7 Å². The van der Waals surface area contributed by atoms with Crippen LogP contribution in [0.4, 0.5) is 5.82 Å². The molecule has 0 bridgehead atoms. The molecule has 0 aromatic carbocycles. The van der Waals surface area contributed by atoms with Crippen LogP contribution in [0.2, 0.25) is 0 Å². The van der Waals surface area contributed by atoms with Crippen molar-refractivity contribution < 1.29 is 9.15 Å². The van der Waals surface area contributed by atoms with Crippen LogP contribution in [0.3, 0.4) is 0 Å². The van der Waals surface area contributed by atoms with Crippen molar-refractivity contribution >= 4 is 16.8 Å². The number of aromatic nitrogens is 1. The van der Waals surface area contributed by atoms with E-state index in [2.05, 4.69) is 15.9 Å². The summed E-state index contributed by atoms with van der Waals surface area (Å²) in [5.74, 6) is 0.332. The summed E-state index contributed by atoms with van der Waals surface area (Å²) in [6.07, 6.45) is 1.57. The minimum Gasteiger partial charge on any atom is -0.461 e. The van der Waals surface area contributed by atoms with Crippen LogP contribution in [-0.4, -0.2) is 29.6 Å². The standard InChI is InChI=1S/C18H15N5O2/c1-10-12(8-19)16(17(21-2)13-9-24-6-5-23(10)13)15-7-11-14(25-15)3-4-22-18(11)20/h3-4,7,16H,5-6,9H2,1H3,(H2,20,22)/t16-/m0/s1. The summed E-state index contributed by atoms with van der Waals surface area (Å²) < 4.78 is 11.5. The van der Waals surface area contributed by atoms with E-state index in [1.807, 2.05) is 11.8 Å². The van der Waals surface area contributed by atoms with Crippen molar-refractivity contribution in [2.75, 3.05) is 25.5 Å². The van der Waals surface area contributed by atoms with Crippen LogP contribution in [0.15, 0.2) is 45.4 Å². The van der Waals surface area contributed by atoms with Crippen LogP contribution < -0.4 is 5.73 Å². The molecule has 2 aromatic heterocycles. The van der Waals surface area contributed by atoms with E-state index in [-0.39, 0.29) is 0 Å². The summed E-state index contributed by atoms with van der Waals surface area (Å²) in [4.78, 5) is 9.80. The molecule has 1 fully saturated rings. The second-order valence-corrected chi connectivity index (χ2v) is 5.95. The average Bonchev–Trinajstić information content (AvgIpc) is 3.07. The van der Waals surface area contributed by atoms with Gasteiger partial charge in [-0.15, -0.1) is 0 Å². The molecule has 25 heavy (non-hydrogen) atoms. The normalized spacial score (nSPS) is 20.4. The molecule has 124 valence electrons. The fourth-order valence-electron chi connectivity index (χ4n) is 3.47. The number of anilines is 1. The van der Waals surface area contributed by atoms with Crippen molar-refractivity contribution in [2.45, 2.75) is 12.8 Å². The Morgan fingerprint density at radius 2 is 2.36 bits per heavy atom. The molecule has 0 amide bonds. The van der Waals surface area contributed by atoms with E-state index in [1.165, 1.54) is 0 Å². The molecule has 1 atom stereocenters. The van der Waals surface area contributed by atoms with Gasteiger partial charge in [0, 0.05) is 24.1 Å². The predicted molar refractivity (Wildman–Crippen MR) is 90.6 cm³/mol. The van der Waals surface area contributed by atoms with E-state index in [4.69, 9.17) is 21.5 Å². The van der Waals surface area contributed by atoms with E-state index in [0.717, 1.165) is 11.4 Å². The lowest BCUT2D eigenvalue weighted by atomic mass is 9.87. The summed E-state index contributed by atoms with van der Waals surface area (Å²) in [7, 11) is 0. The highest BCUT2D eigenvalue weighted by Crippen LogP contribution is 2.44. The highest BCUT2D eigenvalue weighted by molar-refractivity contribution is 5.87. The smallest absolute Gasteiger partial charge is 0.202 e. The third kappa shape index (κ3) is 2.18. The number of nitriles is 1. The Labute approximate surface area is 144 Å². The molecular weight excluding hydrogens is 318 g/mol. The van der Waals surface area contributed by atoms with Crippen molar-refractivity contribution in [1.82, 2.24) is 9.88 Å². The fraction of sp³-hybridized carbons (Fsp3) is 0.278. The SMILES string of the molecule is [C-]#[N+]C1=C2COCCN2C(C)=C(C#N)[C@H]1c1cc2c(N)nccc2o1. The molecule has 7 nitrogen and oxygen atoms in total. The Balaban J connectivity index is 1.95. The van der Waals surface area contributed by atoms with Gasteiger partial charge in [-0.1, -0.05) is 0 Å². The number of furan rings is 1. The first-order chi connectivity index (χ1) is 12.2. The number of nitrogens with two attached hydrogens (primary N) is 1. The maximum absolute atomic E-state index is 9.76. The van der Waals surface area contributed by atoms with E-state index in [0.29, 0.717) is 53.6 Å². The predicted octanol–water partition coefficient (Wildman–Crippen LogP) is 2.77. The van der Waals surface area contributed by atoms with Gasteiger partial charge in [0.25, 0.3) is 0 Å². The second kappa shape index (κ2) is 5.66. The van der Waals surface area contributed by atoms with Crippen molar-refractivity contribution in [3.63, 3.8) is 0 Å². The van der Waals surface area contributed by atoms with Crippen molar-refractivity contribution in [1.29, 1.82) is 5.26 Å². The van der Waals surface area contributed by atoms with Crippen LogP contribution >= 0.6 is 0 Å². The van der Waals surface area contributed by atoms with E-state index < -0.39 is 5.92 Å². The first-order valence-corrected chi connectivity index (χ1v) is 7.86. The zero-order valence-corrected chi connectivity index (χ0v) is 13.6. The Hall–Kier alpha value is -3.29. The molecule has 2 aliphatic heterocycles. The van der Waals surface area contributed by atoms with Gasteiger partial charge in [0.1, 0.15) is 17.2 Å². The molecule has 0 radical (unpaired) electrons. The number of allylic oxidation sites excluding steroid dienone is 2. The van der Waals surface area contributed by atoms with Crippen molar-refractivity contribution in [3.05, 3.63) is 58.2 Å². The maximum atomic E-state index is 9.76. The number of ether oxygens (including phenoxy) is 1. The number of fused-ring (bicyclic) bond motifs is 2. The first-order valence-electron chi connectivity index (χ1n) is 7.86. The van der Waals surface area contributed by atoms with Gasteiger partial charge in [0.2, 0.25) is 5.70 Å². The molecule has 2 aliphatic rings. The van der Waals surface area contributed by atoms with Crippen LogP contribution in [0, 0.1) is 17.9 Å². The van der Waals surface area contributed by atoms with Gasteiger partial charge in [-0.3, -0.25) is 0 Å². The second-order valence-electron chi connectivity index (χ2n) is 5.95. The lowest BCUT2D eigenvalue weighted by Gasteiger charge is -2.38. The molecule has 0 saturated carbocycles. The number of nitrogen functional groups attached to an aromatic ring is 1. The fourth-order valence-corrected chi connectivity index (χ4v) is 3.47. The minimum atomic E-state index is -0.553. The van der Waals surface area contributed by atoms with Gasteiger partial charge in [-0.2, -0.15) is 5.26 Å². The number of hydrogen-bond acceptors (Lipinski definition) is 6. The summed E-state index contributed by atoms with van der Waals surface area (Å²) in [5.41, 5.74) is 9.13. The van der Waals surface area contributed by atoms with Gasteiger partial charge >= 0.3 is 0 Å². The average molecular weight is 333 g/mol. The van der Waals surface area contributed by atoms with Gasteiger partial charge in [0.15, 0.2) is 0 Å². The lowest BCUT2D eigenvalue weighted by molar-refractivity contribution is 0.0832. The number of pyridine rings is 1. The Morgan fingerprint density at radius 3 is 3.08 bits per heavy atom. The number of morpholine rings is 1. The molecular formula is C18H15N5O2. The molecule has 2 aromatic rings. The molecule has 0 spiro atoms. The summed E-state index contributed by atoms with van der Waals surface area (Å²) in [6, 6.07) is 5.77. The Kier molecular flexibility index (Phi) is 3.45. The molecule has 0 aliphatic carbocycles. The highest BCUT2D eigenvalue weighted by Gasteiger charge is 2.38. The summed E-state index contributed by atoms with van der Waals surface area (Å²) >= 11 is 0. The largest absolute Gasteiger partial charge is 0.461 e. The van der Waals surface area contributed by atoms with E-state index in [9.17, 15) is 5.26 Å². The maximum Gasteiger partial charge on any atom is 0.202 e. The quantitative estimate of drug-likeness (QED) is 0.807. The van der Waals surface area contributed by atoms with Gasteiger partial charge in [-0.05, 0) is 19.1 Å². The number of rotatable bonds is 1. The minimum absolute atomic E-state index is 0.355. The third-order valence-corrected chi connectivity index (χ3v) is 4.70. The Morgan fingerprint density at radius 1 is 1.52 bits per heavy atom. The van der Waals surface area contributed by atoms with Crippen molar-refractivity contribution in [3.8, 4) is 6.07 Å². The van der Waals surface area contributed by atoms with Crippen molar-refractivity contribution in [2.24, 2.45) is 0 Å². The van der Waals surface area contributed by atoms with Gasteiger partial charge in [0.05, 0.1) is 42.7 Å². The molecule has 1 saturated heterocycles. The third-order valence-electron chi connectivity index (χ3n) is 4.70. The van der Waals surface area contributed by atoms with Crippen LogP contribution in [0.25, 0.3) is 15.8 Å². The summed E-state index contributed by atoms with van der Waals surface area (Å²) in [5, 5.41) is 10.4. The molecule has 7 heteroatoms. The number of hydrogen-bond donors (Lipinski definition) is 1. The highest BCUT2D eigenvalue weighted by atomic mass is 16.5. The van der Waals surface area contributed by atoms with Crippen LogP contribution in [0.1, 0.15) is 18.6 Å².